The van der Waals surface area contributed by atoms with Crippen LogP contribution in [-0.2, 0) is 23.3 Å². The van der Waals surface area contributed by atoms with Gasteiger partial charge in [0, 0.05) is 67.7 Å². The van der Waals surface area contributed by atoms with Crippen LogP contribution in [0.15, 0.2) is 134 Å². The summed E-state index contributed by atoms with van der Waals surface area (Å²) in [6.07, 6.45) is 4.00. The first-order valence-corrected chi connectivity index (χ1v) is 14.6. The van der Waals surface area contributed by atoms with Gasteiger partial charge in [0.15, 0.2) is 0 Å². The third-order valence-corrected chi connectivity index (χ3v) is 8.90. The maximum Gasteiger partial charge on any atom is 0.244 e. The molecular weight excluding hydrogens is 552 g/mol. The number of aromatic nitrogens is 2. The molecule has 0 unspecified atom stereocenters. The van der Waals surface area contributed by atoms with Crippen molar-refractivity contribution < 1.29 is 13.6 Å². The topological polar surface area (TPSA) is 39.0 Å². The number of hydrogen-bond acceptors (Lipinski definition) is 1. The van der Waals surface area contributed by atoms with Gasteiger partial charge in [0.25, 0.3) is 0 Å². The van der Waals surface area contributed by atoms with Gasteiger partial charge in [-0.15, -0.1) is 0 Å². The molecule has 44 heavy (non-hydrogen) atoms. The van der Waals surface area contributed by atoms with Crippen molar-refractivity contribution >= 4 is 33.4 Å². The maximum absolute atomic E-state index is 14.9. The van der Waals surface area contributed by atoms with E-state index < -0.39 is 5.41 Å². The molecule has 7 aromatic rings. The van der Waals surface area contributed by atoms with Crippen LogP contribution < -0.4 is 5.32 Å². The summed E-state index contributed by atoms with van der Waals surface area (Å²) in [5.74, 6) is -0.718. The Hall–Kier alpha value is -5.49. The minimum absolute atomic E-state index is 0.165. The van der Waals surface area contributed by atoms with E-state index >= 15 is 0 Å². The lowest BCUT2D eigenvalue weighted by molar-refractivity contribution is -0.118. The van der Waals surface area contributed by atoms with Gasteiger partial charge in [0.05, 0.1) is 13.1 Å². The van der Waals surface area contributed by atoms with Crippen molar-refractivity contribution in [3.63, 3.8) is 0 Å². The minimum atomic E-state index is -1.23. The summed E-state index contributed by atoms with van der Waals surface area (Å²) in [5.41, 5.74) is 4.90. The van der Waals surface area contributed by atoms with Crippen molar-refractivity contribution in [2.45, 2.75) is 18.5 Å². The molecule has 0 radical (unpaired) electrons. The molecule has 1 aliphatic heterocycles. The van der Waals surface area contributed by atoms with Crippen LogP contribution in [0.25, 0.3) is 21.8 Å². The predicted octanol–water partition coefficient (Wildman–Crippen LogP) is 8.26. The van der Waals surface area contributed by atoms with Crippen LogP contribution in [0, 0.1) is 11.6 Å². The molecule has 0 aliphatic carbocycles. The number of amides is 1. The second-order valence-corrected chi connectivity index (χ2v) is 11.3. The zero-order valence-corrected chi connectivity index (χ0v) is 23.7. The largest absolute Gasteiger partial charge is 0.343 e. The van der Waals surface area contributed by atoms with Crippen molar-refractivity contribution in [1.29, 1.82) is 0 Å². The van der Waals surface area contributed by atoms with Gasteiger partial charge in [0.2, 0.25) is 5.91 Å². The number of fused-ring (bicyclic) bond motifs is 3. The molecule has 1 amide bonds. The first-order valence-electron chi connectivity index (χ1n) is 14.6. The van der Waals surface area contributed by atoms with Gasteiger partial charge in [0.1, 0.15) is 17.0 Å². The van der Waals surface area contributed by atoms with Crippen LogP contribution in [0.1, 0.15) is 27.8 Å². The first kappa shape index (κ1) is 26.2. The minimum Gasteiger partial charge on any atom is -0.343 e. The van der Waals surface area contributed by atoms with E-state index in [4.69, 9.17) is 0 Å². The molecule has 1 N–H and O–H groups in total. The second-order valence-electron chi connectivity index (χ2n) is 11.3. The van der Waals surface area contributed by atoms with Crippen LogP contribution in [0.4, 0.5) is 14.5 Å². The van der Waals surface area contributed by atoms with Gasteiger partial charge in [-0.25, -0.2) is 8.78 Å². The number of carbonyl (C=O) groups is 1. The zero-order valence-electron chi connectivity index (χ0n) is 23.7. The number of para-hydroxylation sites is 3. The Morgan fingerprint density at radius 1 is 0.545 bits per heavy atom. The summed E-state index contributed by atoms with van der Waals surface area (Å²) in [4.78, 5) is 14.6. The van der Waals surface area contributed by atoms with Crippen LogP contribution in [-0.4, -0.2) is 15.0 Å². The molecule has 0 fully saturated rings. The summed E-state index contributed by atoms with van der Waals surface area (Å²) < 4.78 is 33.8. The Morgan fingerprint density at radius 3 is 1.55 bits per heavy atom. The molecular formula is C38H27F2N3O. The SMILES string of the molecule is O=C1Nc2ccccc2C1(c1cn(Cc2ccccc2F)c2ccccc12)c1cn(Cc2ccccc2F)c2ccccc12. The Morgan fingerprint density at radius 2 is 1.00 bits per heavy atom. The Labute approximate surface area is 252 Å². The standard InChI is InChI=1S/C38H27F2N3O/c39-32-16-6-1-11-25(32)21-42-23-30(27-13-3-9-19-35(27)42)38(29-15-5-8-18-34(29)41-37(38)44)31-24-43(36-20-10-4-14-28(31)36)22-26-12-2-7-17-33(26)40/h1-20,23-24H,21-22H2,(H,41,44). The van der Waals surface area contributed by atoms with E-state index in [0.717, 1.165) is 44.2 Å². The van der Waals surface area contributed by atoms with Crippen molar-refractivity contribution in [3.8, 4) is 0 Å². The summed E-state index contributed by atoms with van der Waals surface area (Å²) >= 11 is 0. The van der Waals surface area contributed by atoms with Gasteiger partial charge in [-0.3, -0.25) is 4.79 Å². The molecule has 0 spiro atoms. The lowest BCUT2D eigenvalue weighted by atomic mass is 9.70. The molecule has 0 atom stereocenters. The predicted molar refractivity (Wildman–Crippen MR) is 170 cm³/mol. The third kappa shape index (κ3) is 3.84. The quantitative estimate of drug-likeness (QED) is 0.212. The summed E-state index contributed by atoms with van der Waals surface area (Å²) in [7, 11) is 0. The Bertz CT molecular complexity index is 2100. The zero-order chi connectivity index (χ0) is 29.8. The van der Waals surface area contributed by atoms with E-state index in [9.17, 15) is 13.6 Å². The lowest BCUT2D eigenvalue weighted by Gasteiger charge is -2.28. The number of rotatable bonds is 6. The normalized spacial score (nSPS) is 13.8. The highest BCUT2D eigenvalue weighted by atomic mass is 19.1. The molecule has 0 saturated heterocycles. The van der Waals surface area contributed by atoms with E-state index in [0.29, 0.717) is 24.2 Å². The molecule has 214 valence electrons. The average molecular weight is 580 g/mol. The highest BCUT2D eigenvalue weighted by Gasteiger charge is 2.52. The summed E-state index contributed by atoms with van der Waals surface area (Å²) in [5, 5.41) is 4.98. The maximum atomic E-state index is 14.9. The van der Waals surface area contributed by atoms with E-state index in [2.05, 4.69) is 5.32 Å². The molecule has 5 aromatic carbocycles. The van der Waals surface area contributed by atoms with Crippen LogP contribution in [0.5, 0.6) is 0 Å². The van der Waals surface area contributed by atoms with Gasteiger partial charge in [-0.2, -0.15) is 0 Å². The number of halogens is 2. The smallest absolute Gasteiger partial charge is 0.244 e. The van der Waals surface area contributed by atoms with Crippen LogP contribution in [0.3, 0.4) is 0 Å². The molecule has 0 saturated carbocycles. The molecule has 0 bridgehead atoms. The van der Waals surface area contributed by atoms with Crippen molar-refractivity contribution in [2.24, 2.45) is 0 Å². The van der Waals surface area contributed by atoms with Crippen molar-refractivity contribution in [2.75, 3.05) is 5.32 Å². The van der Waals surface area contributed by atoms with E-state index in [1.165, 1.54) is 12.1 Å². The fourth-order valence-corrected chi connectivity index (χ4v) is 6.91. The van der Waals surface area contributed by atoms with Crippen LogP contribution in [0.2, 0.25) is 0 Å². The first-order chi connectivity index (χ1) is 21.6. The number of carbonyl (C=O) groups excluding carboxylic acids is 1. The van der Waals surface area contributed by atoms with Crippen molar-refractivity contribution in [3.05, 3.63) is 173 Å². The molecule has 3 heterocycles. The molecule has 1 aliphatic rings. The molecule has 6 heteroatoms. The molecule has 2 aromatic heterocycles. The number of anilines is 1. The van der Waals surface area contributed by atoms with E-state index in [1.807, 2.05) is 106 Å². The van der Waals surface area contributed by atoms with Gasteiger partial charge >= 0.3 is 0 Å². The fourth-order valence-electron chi connectivity index (χ4n) is 6.91. The number of benzene rings is 5. The fraction of sp³-hybridized carbons (Fsp3) is 0.0789. The Kier molecular flexibility index (Phi) is 5.98. The van der Waals surface area contributed by atoms with Gasteiger partial charge in [-0.05, 0) is 30.3 Å². The van der Waals surface area contributed by atoms with Crippen molar-refractivity contribution in [1.82, 2.24) is 9.13 Å². The third-order valence-electron chi connectivity index (χ3n) is 8.90. The van der Waals surface area contributed by atoms with Crippen LogP contribution >= 0.6 is 0 Å². The number of nitrogens with zero attached hydrogens (tertiary/aromatic N) is 2. The second kappa shape index (κ2) is 10.1. The summed E-state index contributed by atoms with van der Waals surface area (Å²) in [6, 6.07) is 37.2. The molecule has 8 rings (SSSR count). The highest BCUT2D eigenvalue weighted by molar-refractivity contribution is 6.15. The van der Waals surface area contributed by atoms with E-state index in [1.54, 1.807) is 24.3 Å². The Balaban J connectivity index is 1.43. The van der Waals surface area contributed by atoms with Gasteiger partial charge < -0.3 is 14.5 Å². The van der Waals surface area contributed by atoms with E-state index in [-0.39, 0.29) is 17.5 Å². The number of hydrogen-bond donors (Lipinski definition) is 1. The average Bonchev–Trinajstić information content (AvgIpc) is 3.69. The van der Waals surface area contributed by atoms with Gasteiger partial charge in [-0.1, -0.05) is 91.0 Å². The number of nitrogens with one attached hydrogen (secondary N) is 1. The lowest BCUT2D eigenvalue weighted by Crippen LogP contribution is -2.36. The molecule has 4 nitrogen and oxygen atoms in total. The summed E-state index contributed by atoms with van der Waals surface area (Å²) in [6.45, 7) is 0.614. The highest BCUT2D eigenvalue weighted by Crippen LogP contribution is 2.52. The monoisotopic (exact) mass is 579 g/mol.